The molecule has 1 N–H and O–H groups in total. The SMILES string of the molecule is Fc1c[c]c(CCC2CNCCO2)cc1. The summed E-state index contributed by atoms with van der Waals surface area (Å²) in [6, 6.07) is 7.57. The van der Waals surface area contributed by atoms with Crippen LogP contribution in [0.15, 0.2) is 18.2 Å². The van der Waals surface area contributed by atoms with Crippen LogP contribution in [0.4, 0.5) is 4.39 Å². The zero-order valence-corrected chi connectivity index (χ0v) is 8.63. The third-order valence-corrected chi connectivity index (χ3v) is 2.58. The van der Waals surface area contributed by atoms with Crippen LogP contribution < -0.4 is 5.32 Å². The Kier molecular flexibility index (Phi) is 3.69. The smallest absolute Gasteiger partial charge is 0.123 e. The number of morpholine rings is 1. The molecule has 1 radical (unpaired) electrons. The number of nitrogens with one attached hydrogen (secondary N) is 1. The second kappa shape index (κ2) is 5.24. The second-order valence-electron chi connectivity index (χ2n) is 3.77. The summed E-state index contributed by atoms with van der Waals surface area (Å²) in [6.45, 7) is 2.65. The van der Waals surface area contributed by atoms with Crippen LogP contribution in [0.25, 0.3) is 0 Å². The van der Waals surface area contributed by atoms with Gasteiger partial charge in [-0.25, -0.2) is 4.39 Å². The van der Waals surface area contributed by atoms with E-state index in [1.54, 1.807) is 6.07 Å². The molecule has 1 aromatic carbocycles. The lowest BCUT2D eigenvalue weighted by molar-refractivity contribution is 0.0238. The molecule has 3 heteroatoms. The minimum absolute atomic E-state index is 0.227. The first-order valence-electron chi connectivity index (χ1n) is 5.33. The fraction of sp³-hybridized carbons (Fsp3) is 0.500. The summed E-state index contributed by atoms with van der Waals surface area (Å²) in [5, 5.41) is 3.29. The Labute approximate surface area is 89.4 Å². The standard InChI is InChI=1S/C12H15FNO/c13-11-4-1-10(2-5-11)3-6-12-9-14-7-8-15-12/h1,4-5,12,14H,3,6-9H2. The highest BCUT2D eigenvalue weighted by Crippen LogP contribution is 2.09. The highest BCUT2D eigenvalue weighted by molar-refractivity contribution is 5.14. The van der Waals surface area contributed by atoms with E-state index in [9.17, 15) is 4.39 Å². The minimum atomic E-state index is -0.227. The highest BCUT2D eigenvalue weighted by atomic mass is 19.1. The number of hydrogen-bond donors (Lipinski definition) is 1. The molecule has 0 aliphatic carbocycles. The van der Waals surface area contributed by atoms with Crippen molar-refractivity contribution < 1.29 is 9.13 Å². The summed E-state index contributed by atoms with van der Waals surface area (Å²) in [6.07, 6.45) is 2.15. The summed E-state index contributed by atoms with van der Waals surface area (Å²) < 4.78 is 18.2. The fourth-order valence-corrected chi connectivity index (χ4v) is 1.72. The molecule has 1 aliphatic rings. The molecular formula is C12H15FNO. The molecule has 1 heterocycles. The first kappa shape index (κ1) is 10.6. The molecule has 81 valence electrons. The van der Waals surface area contributed by atoms with Gasteiger partial charge >= 0.3 is 0 Å². The normalized spacial score (nSPS) is 21.5. The Bertz CT molecular complexity index is 293. The maximum Gasteiger partial charge on any atom is 0.123 e. The summed E-state index contributed by atoms with van der Waals surface area (Å²) >= 11 is 0. The number of benzene rings is 1. The van der Waals surface area contributed by atoms with E-state index in [0.717, 1.165) is 38.1 Å². The van der Waals surface area contributed by atoms with E-state index >= 15 is 0 Å². The van der Waals surface area contributed by atoms with Crippen LogP contribution >= 0.6 is 0 Å². The van der Waals surface area contributed by atoms with Gasteiger partial charge in [0, 0.05) is 13.1 Å². The van der Waals surface area contributed by atoms with Gasteiger partial charge in [-0.15, -0.1) is 0 Å². The van der Waals surface area contributed by atoms with Gasteiger partial charge in [-0.1, -0.05) is 6.07 Å². The van der Waals surface area contributed by atoms with Gasteiger partial charge in [0.25, 0.3) is 0 Å². The van der Waals surface area contributed by atoms with E-state index in [4.69, 9.17) is 4.74 Å². The maximum atomic E-state index is 12.6. The van der Waals surface area contributed by atoms with Gasteiger partial charge in [-0.05, 0) is 36.6 Å². The highest BCUT2D eigenvalue weighted by Gasteiger charge is 2.12. The summed E-state index contributed by atoms with van der Waals surface area (Å²) in [5.74, 6) is -0.227. The lowest BCUT2D eigenvalue weighted by atomic mass is 10.1. The van der Waals surface area contributed by atoms with Crippen LogP contribution in [0.3, 0.4) is 0 Å². The lowest BCUT2D eigenvalue weighted by Crippen LogP contribution is -2.38. The second-order valence-corrected chi connectivity index (χ2v) is 3.77. The van der Waals surface area contributed by atoms with Gasteiger partial charge in [0.1, 0.15) is 5.82 Å². The van der Waals surface area contributed by atoms with E-state index in [1.165, 1.54) is 12.1 Å². The number of halogens is 1. The molecule has 1 atom stereocenters. The first-order chi connectivity index (χ1) is 7.34. The van der Waals surface area contributed by atoms with Gasteiger partial charge < -0.3 is 10.1 Å². The van der Waals surface area contributed by atoms with Gasteiger partial charge in [0.2, 0.25) is 0 Å². The molecule has 0 bridgehead atoms. The van der Waals surface area contributed by atoms with Crippen molar-refractivity contribution in [1.82, 2.24) is 5.32 Å². The van der Waals surface area contributed by atoms with Crippen molar-refractivity contribution in [2.24, 2.45) is 0 Å². The molecule has 2 nitrogen and oxygen atoms in total. The lowest BCUT2D eigenvalue weighted by Gasteiger charge is -2.23. The zero-order chi connectivity index (χ0) is 10.5. The Hall–Kier alpha value is -0.930. The minimum Gasteiger partial charge on any atom is -0.376 e. The molecule has 1 fully saturated rings. The predicted molar refractivity (Wildman–Crippen MR) is 56.2 cm³/mol. The zero-order valence-electron chi connectivity index (χ0n) is 8.63. The average molecular weight is 208 g/mol. The Morgan fingerprint density at radius 3 is 3.13 bits per heavy atom. The van der Waals surface area contributed by atoms with Crippen molar-refractivity contribution in [1.29, 1.82) is 0 Å². The third kappa shape index (κ3) is 3.29. The summed E-state index contributed by atoms with van der Waals surface area (Å²) in [7, 11) is 0. The molecule has 0 amide bonds. The van der Waals surface area contributed by atoms with Crippen molar-refractivity contribution in [3.8, 4) is 0 Å². The van der Waals surface area contributed by atoms with Crippen LogP contribution in [-0.2, 0) is 11.2 Å². The van der Waals surface area contributed by atoms with Gasteiger partial charge in [0.05, 0.1) is 12.7 Å². The number of rotatable bonds is 3. The average Bonchev–Trinajstić information content (AvgIpc) is 2.30. The van der Waals surface area contributed by atoms with E-state index in [-0.39, 0.29) is 11.9 Å². The third-order valence-electron chi connectivity index (χ3n) is 2.58. The molecule has 0 saturated carbocycles. The van der Waals surface area contributed by atoms with Crippen LogP contribution in [0.2, 0.25) is 0 Å². The fourth-order valence-electron chi connectivity index (χ4n) is 1.72. The van der Waals surface area contributed by atoms with Gasteiger partial charge in [-0.2, -0.15) is 0 Å². The molecule has 2 rings (SSSR count). The Morgan fingerprint density at radius 1 is 1.53 bits per heavy atom. The Balaban J connectivity index is 1.79. The summed E-state index contributed by atoms with van der Waals surface area (Å²) in [5.41, 5.74) is 1.05. The van der Waals surface area contributed by atoms with Gasteiger partial charge in [-0.3, -0.25) is 0 Å². The van der Waals surface area contributed by atoms with Crippen LogP contribution in [0, 0.1) is 11.9 Å². The van der Waals surface area contributed by atoms with Crippen molar-refractivity contribution >= 4 is 0 Å². The molecule has 1 aliphatic heterocycles. The Morgan fingerprint density at radius 2 is 2.47 bits per heavy atom. The van der Waals surface area contributed by atoms with Crippen molar-refractivity contribution in [3.05, 3.63) is 35.6 Å². The number of hydrogen-bond acceptors (Lipinski definition) is 2. The largest absolute Gasteiger partial charge is 0.376 e. The van der Waals surface area contributed by atoms with E-state index in [2.05, 4.69) is 11.4 Å². The van der Waals surface area contributed by atoms with Crippen molar-refractivity contribution in [2.75, 3.05) is 19.7 Å². The quantitative estimate of drug-likeness (QED) is 0.813. The summed E-state index contributed by atoms with van der Waals surface area (Å²) in [4.78, 5) is 0. The van der Waals surface area contributed by atoms with Crippen molar-refractivity contribution in [3.63, 3.8) is 0 Å². The molecule has 1 saturated heterocycles. The topological polar surface area (TPSA) is 21.3 Å². The molecule has 0 aromatic heterocycles. The van der Waals surface area contributed by atoms with Crippen LogP contribution in [0.5, 0.6) is 0 Å². The first-order valence-corrected chi connectivity index (χ1v) is 5.33. The van der Waals surface area contributed by atoms with Crippen molar-refractivity contribution in [2.45, 2.75) is 18.9 Å². The van der Waals surface area contributed by atoms with Crippen LogP contribution in [0.1, 0.15) is 12.0 Å². The van der Waals surface area contributed by atoms with E-state index in [0.29, 0.717) is 0 Å². The molecular weight excluding hydrogens is 193 g/mol. The molecule has 15 heavy (non-hydrogen) atoms. The predicted octanol–water partition coefficient (Wildman–Crippen LogP) is 1.55. The molecule has 0 spiro atoms. The molecule has 1 unspecified atom stereocenters. The molecule has 1 aromatic rings. The maximum absolute atomic E-state index is 12.6. The number of ether oxygens (including phenoxy) is 1. The number of aryl methyl sites for hydroxylation is 1. The van der Waals surface area contributed by atoms with Crippen LogP contribution in [-0.4, -0.2) is 25.8 Å². The van der Waals surface area contributed by atoms with Gasteiger partial charge in [0.15, 0.2) is 0 Å². The monoisotopic (exact) mass is 208 g/mol. The van der Waals surface area contributed by atoms with E-state index in [1.807, 2.05) is 0 Å². The van der Waals surface area contributed by atoms with E-state index < -0.39 is 0 Å².